The van der Waals surface area contributed by atoms with Crippen molar-refractivity contribution in [3.8, 4) is 23.0 Å². The molecule has 5 rings (SSSR count). The van der Waals surface area contributed by atoms with E-state index in [0.29, 0.717) is 58.1 Å². The Morgan fingerprint density at radius 2 is 0.685 bits per heavy atom. The molecule has 0 fully saturated rings. The van der Waals surface area contributed by atoms with Crippen molar-refractivity contribution in [3.63, 3.8) is 0 Å². The number of hydrogen-bond acceptors (Lipinski definition) is 6. The molecule has 4 aromatic rings. The number of benzene rings is 4. The third-order valence-corrected chi connectivity index (χ3v) is 10.7. The maximum Gasteiger partial charge on any atom is 0.200 e. The predicted molar refractivity (Wildman–Crippen MR) is 219 cm³/mol. The van der Waals surface area contributed by atoms with Crippen molar-refractivity contribution in [2.75, 3.05) is 28.4 Å². The van der Waals surface area contributed by atoms with Crippen LogP contribution in [-0.4, -0.2) is 40.0 Å². The lowest BCUT2D eigenvalue weighted by Crippen LogP contribution is -2.23. The second-order valence-electron chi connectivity index (χ2n) is 18.7. The van der Waals surface area contributed by atoms with Gasteiger partial charge in [0.2, 0.25) is 11.6 Å². The van der Waals surface area contributed by atoms with E-state index in [-0.39, 0.29) is 33.2 Å². The highest BCUT2D eigenvalue weighted by Gasteiger charge is 2.36. The molecule has 0 saturated carbocycles. The van der Waals surface area contributed by atoms with Crippen LogP contribution in [0.15, 0.2) is 48.5 Å². The Kier molecular flexibility index (Phi) is 10.7. The van der Waals surface area contributed by atoms with Crippen LogP contribution >= 0.6 is 0 Å². The van der Waals surface area contributed by atoms with Crippen molar-refractivity contribution in [3.05, 3.63) is 115 Å². The zero-order valence-corrected chi connectivity index (χ0v) is 35.5. The van der Waals surface area contributed by atoms with Crippen LogP contribution in [0.25, 0.3) is 0 Å². The summed E-state index contributed by atoms with van der Waals surface area (Å²) in [4.78, 5) is 30.6. The summed E-state index contributed by atoms with van der Waals surface area (Å²) in [5.74, 6) is 1.66. The standard InChI is InChI=1S/C48H60O6/c1-45(2,3)33-23-19-29-39(49)37-35(47(7,8)9)21-17-27(41(37)51-13)25-28-18-22-36(48(10,11)12)38(42(28)52-14)40(50)30-20-24-34(46(4,5)6)32(44(30)54-16)26-31(33)43(29)53-15/h17-24H,25-26H2,1-16H3. The van der Waals surface area contributed by atoms with Gasteiger partial charge >= 0.3 is 0 Å². The fourth-order valence-corrected chi connectivity index (χ4v) is 8.18. The average Bonchev–Trinajstić information content (AvgIpc) is 3.07. The number of rotatable bonds is 4. The normalized spacial score (nSPS) is 13.9. The third-order valence-electron chi connectivity index (χ3n) is 10.7. The first-order valence-corrected chi connectivity index (χ1v) is 18.9. The first-order valence-electron chi connectivity index (χ1n) is 18.9. The maximum absolute atomic E-state index is 15.3. The minimum Gasteiger partial charge on any atom is -0.496 e. The van der Waals surface area contributed by atoms with Crippen molar-refractivity contribution < 1.29 is 28.5 Å². The fourth-order valence-electron chi connectivity index (χ4n) is 8.18. The molecule has 6 nitrogen and oxygen atoms in total. The number of ketones is 2. The summed E-state index contributed by atoms with van der Waals surface area (Å²) in [5.41, 5.74) is 7.68. The second-order valence-corrected chi connectivity index (χ2v) is 18.7. The lowest BCUT2D eigenvalue weighted by molar-refractivity contribution is 0.102. The molecule has 0 radical (unpaired) electrons. The van der Waals surface area contributed by atoms with Crippen LogP contribution in [0.1, 0.15) is 159 Å². The maximum atomic E-state index is 15.3. The largest absolute Gasteiger partial charge is 0.496 e. The second kappa shape index (κ2) is 14.2. The first kappa shape index (κ1) is 40.6. The van der Waals surface area contributed by atoms with E-state index < -0.39 is 0 Å². The molecule has 0 spiro atoms. The van der Waals surface area contributed by atoms with E-state index >= 15 is 9.59 Å². The van der Waals surface area contributed by atoms with Crippen LogP contribution in [0.5, 0.6) is 23.0 Å². The molecule has 288 valence electrons. The van der Waals surface area contributed by atoms with Gasteiger partial charge in [0.15, 0.2) is 0 Å². The molecule has 0 unspecified atom stereocenters. The monoisotopic (exact) mass is 732 g/mol. The molecule has 0 amide bonds. The zero-order valence-electron chi connectivity index (χ0n) is 35.5. The minimum absolute atomic E-state index is 0.174. The quantitative estimate of drug-likeness (QED) is 0.183. The Morgan fingerprint density at radius 3 is 0.963 bits per heavy atom. The van der Waals surface area contributed by atoms with E-state index in [1.165, 1.54) is 0 Å². The van der Waals surface area contributed by atoms with Crippen molar-refractivity contribution in [2.24, 2.45) is 0 Å². The zero-order chi connectivity index (χ0) is 40.3. The number of carbonyl (C=O) groups excluding carboxylic acids is 2. The van der Waals surface area contributed by atoms with Crippen molar-refractivity contribution >= 4 is 11.6 Å². The molecule has 6 heteroatoms. The molecule has 0 aliphatic heterocycles. The summed E-state index contributed by atoms with van der Waals surface area (Å²) in [6.45, 7) is 25.6. The molecular weight excluding hydrogens is 673 g/mol. The molecule has 4 aromatic carbocycles. The summed E-state index contributed by atoms with van der Waals surface area (Å²) in [5, 5.41) is 0. The number of ether oxygens (including phenoxy) is 4. The molecule has 54 heavy (non-hydrogen) atoms. The summed E-state index contributed by atoms with van der Waals surface area (Å²) in [7, 11) is 6.50. The van der Waals surface area contributed by atoms with Crippen molar-refractivity contribution in [2.45, 2.75) is 118 Å². The van der Waals surface area contributed by atoms with Gasteiger partial charge in [-0.3, -0.25) is 9.59 Å². The van der Waals surface area contributed by atoms with Crippen molar-refractivity contribution in [1.82, 2.24) is 0 Å². The number of fused-ring (bicyclic) bond motifs is 8. The Hall–Kier alpha value is -4.58. The van der Waals surface area contributed by atoms with Gasteiger partial charge in [-0.2, -0.15) is 0 Å². The molecular formula is C48H60O6. The first-order chi connectivity index (χ1) is 25.0. The summed E-state index contributed by atoms with van der Waals surface area (Å²) >= 11 is 0. The Bertz CT molecular complexity index is 1970. The lowest BCUT2D eigenvalue weighted by atomic mass is 9.75. The van der Waals surface area contributed by atoms with E-state index in [9.17, 15) is 0 Å². The van der Waals surface area contributed by atoms with Gasteiger partial charge in [-0.25, -0.2) is 0 Å². The van der Waals surface area contributed by atoms with E-state index in [1.54, 1.807) is 28.4 Å². The Morgan fingerprint density at radius 1 is 0.389 bits per heavy atom. The van der Waals surface area contributed by atoms with Gasteiger partial charge in [0.1, 0.15) is 23.0 Å². The highest BCUT2D eigenvalue weighted by molar-refractivity contribution is 6.15. The molecule has 0 atom stereocenters. The van der Waals surface area contributed by atoms with Crippen LogP contribution in [0.3, 0.4) is 0 Å². The molecule has 1 aliphatic rings. The topological polar surface area (TPSA) is 71.1 Å². The van der Waals surface area contributed by atoms with Crippen molar-refractivity contribution in [1.29, 1.82) is 0 Å². The highest BCUT2D eigenvalue weighted by atomic mass is 16.5. The number of carbonyl (C=O) groups is 2. The Labute approximate surface area is 323 Å². The van der Waals surface area contributed by atoms with Crippen LogP contribution in [0.4, 0.5) is 0 Å². The molecule has 0 N–H and O–H groups in total. The molecule has 0 aromatic heterocycles. The van der Waals surface area contributed by atoms with Crippen LogP contribution in [-0.2, 0) is 34.5 Å². The van der Waals surface area contributed by atoms with Crippen LogP contribution in [0, 0.1) is 0 Å². The van der Waals surface area contributed by atoms with Gasteiger partial charge in [0.05, 0.1) is 50.7 Å². The summed E-state index contributed by atoms with van der Waals surface area (Å²) < 4.78 is 25.1. The Balaban J connectivity index is 2.07. The lowest BCUT2D eigenvalue weighted by Gasteiger charge is -2.31. The van der Waals surface area contributed by atoms with Crippen LogP contribution in [0.2, 0.25) is 0 Å². The predicted octanol–water partition coefficient (Wildman–Crippen LogP) is 10.9. The highest BCUT2D eigenvalue weighted by Crippen LogP contribution is 2.46. The van der Waals surface area contributed by atoms with Gasteiger partial charge in [-0.05, 0) is 67.2 Å². The van der Waals surface area contributed by atoms with Gasteiger partial charge in [-0.15, -0.1) is 0 Å². The minimum atomic E-state index is -0.389. The fraction of sp³-hybridized carbons (Fsp3) is 0.458. The van der Waals surface area contributed by atoms with E-state index in [1.807, 2.05) is 36.4 Å². The summed E-state index contributed by atoms with van der Waals surface area (Å²) in [6.07, 6.45) is 0.721. The average molecular weight is 733 g/mol. The van der Waals surface area contributed by atoms with E-state index in [0.717, 1.165) is 44.5 Å². The van der Waals surface area contributed by atoms with Gasteiger partial charge < -0.3 is 18.9 Å². The van der Waals surface area contributed by atoms with E-state index in [4.69, 9.17) is 18.9 Å². The third kappa shape index (κ3) is 7.17. The smallest absolute Gasteiger partial charge is 0.200 e. The number of hydrogen-bond donors (Lipinski definition) is 0. The molecule has 8 bridgehead atoms. The summed E-state index contributed by atoms with van der Waals surface area (Å²) in [6, 6.07) is 16.1. The van der Waals surface area contributed by atoms with E-state index in [2.05, 4.69) is 95.2 Å². The van der Waals surface area contributed by atoms with Crippen LogP contribution < -0.4 is 18.9 Å². The van der Waals surface area contributed by atoms with Gasteiger partial charge in [0, 0.05) is 24.0 Å². The number of methoxy groups -OCH3 is 4. The molecule has 0 heterocycles. The molecule has 0 saturated heterocycles. The molecule has 1 aliphatic carbocycles. The SMILES string of the molecule is COc1c2ccc(C(C)(C)C)c1Cc1c(C(C)(C)C)ccc(c1OC)C(=O)c1c(C(C)(C)C)ccc(c1OC)Cc1ccc(C(C)(C)C)c(c1OC)C2=O. The van der Waals surface area contributed by atoms with Gasteiger partial charge in [-0.1, -0.05) is 119 Å². The van der Waals surface area contributed by atoms with Gasteiger partial charge in [0.25, 0.3) is 0 Å².